The molecular weight excluding hydrogens is 376 g/mol. The van der Waals surface area contributed by atoms with Crippen LogP contribution in [0.1, 0.15) is 58.9 Å². The van der Waals surface area contributed by atoms with Crippen LogP contribution < -0.4 is 5.32 Å². The molecule has 0 unspecified atom stereocenters. The van der Waals surface area contributed by atoms with Crippen LogP contribution in [-0.4, -0.2) is 23.5 Å². The van der Waals surface area contributed by atoms with E-state index in [0.29, 0.717) is 5.56 Å². The molecule has 2 aromatic carbocycles. The van der Waals surface area contributed by atoms with Crippen molar-refractivity contribution in [3.05, 3.63) is 70.4 Å². The Morgan fingerprint density at radius 3 is 2.70 bits per heavy atom. The quantitative estimate of drug-likeness (QED) is 0.613. The SMILES string of the molecule is Cc1cccc(C(C)C)c1NC(=O)COC(=O)c1c2c(nc3ccccc13)CCC2. The molecule has 0 atom stereocenters. The highest BCUT2D eigenvalue weighted by Crippen LogP contribution is 2.31. The fourth-order valence-corrected chi connectivity index (χ4v) is 4.17. The number of hydrogen-bond acceptors (Lipinski definition) is 4. The number of amides is 1. The van der Waals surface area contributed by atoms with Crippen molar-refractivity contribution < 1.29 is 14.3 Å². The van der Waals surface area contributed by atoms with Gasteiger partial charge in [-0.1, -0.05) is 50.2 Å². The zero-order chi connectivity index (χ0) is 21.3. The van der Waals surface area contributed by atoms with Crippen LogP contribution in [0.5, 0.6) is 0 Å². The number of aryl methyl sites for hydroxylation is 2. The Kier molecular flexibility index (Phi) is 5.53. The number of anilines is 1. The van der Waals surface area contributed by atoms with Crippen LogP contribution >= 0.6 is 0 Å². The maximum Gasteiger partial charge on any atom is 0.339 e. The van der Waals surface area contributed by atoms with E-state index in [4.69, 9.17) is 9.72 Å². The van der Waals surface area contributed by atoms with E-state index in [0.717, 1.165) is 58.2 Å². The summed E-state index contributed by atoms with van der Waals surface area (Å²) in [7, 11) is 0. The first-order chi connectivity index (χ1) is 14.5. The first-order valence-corrected chi connectivity index (χ1v) is 10.4. The van der Waals surface area contributed by atoms with E-state index in [1.807, 2.05) is 49.4 Å². The second-order valence-corrected chi connectivity index (χ2v) is 8.10. The molecular formula is C25H26N2O3. The van der Waals surface area contributed by atoms with Gasteiger partial charge in [0, 0.05) is 16.8 Å². The highest BCUT2D eigenvalue weighted by atomic mass is 16.5. The fourth-order valence-electron chi connectivity index (χ4n) is 4.17. The minimum atomic E-state index is -0.462. The second kappa shape index (κ2) is 8.27. The minimum Gasteiger partial charge on any atom is -0.452 e. The van der Waals surface area contributed by atoms with Crippen LogP contribution in [0.25, 0.3) is 10.9 Å². The Bertz CT molecular complexity index is 1130. The zero-order valence-electron chi connectivity index (χ0n) is 17.6. The Morgan fingerprint density at radius 1 is 1.10 bits per heavy atom. The number of rotatable bonds is 5. The van der Waals surface area contributed by atoms with E-state index in [2.05, 4.69) is 19.2 Å². The largest absolute Gasteiger partial charge is 0.452 e. The molecule has 1 aliphatic rings. The number of pyridine rings is 1. The normalized spacial score (nSPS) is 12.8. The number of esters is 1. The lowest BCUT2D eigenvalue weighted by molar-refractivity contribution is -0.119. The van der Waals surface area contributed by atoms with Gasteiger partial charge in [0.1, 0.15) is 0 Å². The number of nitrogens with one attached hydrogen (secondary N) is 1. The highest BCUT2D eigenvalue weighted by Gasteiger charge is 2.25. The molecule has 1 amide bonds. The lowest BCUT2D eigenvalue weighted by Crippen LogP contribution is -2.23. The fraction of sp³-hybridized carbons (Fsp3) is 0.320. The van der Waals surface area contributed by atoms with Crippen LogP contribution in [0.15, 0.2) is 42.5 Å². The van der Waals surface area contributed by atoms with Gasteiger partial charge < -0.3 is 10.1 Å². The zero-order valence-corrected chi connectivity index (χ0v) is 17.6. The molecule has 0 saturated heterocycles. The van der Waals surface area contributed by atoms with Gasteiger partial charge in [-0.2, -0.15) is 0 Å². The summed E-state index contributed by atoms with van der Waals surface area (Å²) < 4.78 is 5.46. The molecule has 154 valence electrons. The van der Waals surface area contributed by atoms with Gasteiger partial charge in [0.15, 0.2) is 6.61 Å². The number of nitrogens with zero attached hydrogens (tertiary/aromatic N) is 1. The third-order valence-corrected chi connectivity index (χ3v) is 5.65. The summed E-state index contributed by atoms with van der Waals surface area (Å²) in [4.78, 5) is 30.3. The number of para-hydroxylation sites is 2. The third kappa shape index (κ3) is 3.80. The molecule has 0 spiro atoms. The molecule has 0 saturated carbocycles. The number of carbonyl (C=O) groups excluding carboxylic acids is 2. The first kappa shape index (κ1) is 20.1. The second-order valence-electron chi connectivity index (χ2n) is 8.10. The smallest absolute Gasteiger partial charge is 0.339 e. The van der Waals surface area contributed by atoms with Gasteiger partial charge in [-0.25, -0.2) is 4.79 Å². The van der Waals surface area contributed by atoms with Gasteiger partial charge in [-0.3, -0.25) is 9.78 Å². The molecule has 5 nitrogen and oxygen atoms in total. The first-order valence-electron chi connectivity index (χ1n) is 10.4. The molecule has 0 fully saturated rings. The number of benzene rings is 2. The van der Waals surface area contributed by atoms with Gasteiger partial charge in [-0.05, 0) is 54.9 Å². The van der Waals surface area contributed by atoms with E-state index in [-0.39, 0.29) is 18.4 Å². The van der Waals surface area contributed by atoms with Crippen LogP contribution in [0.3, 0.4) is 0 Å². The number of fused-ring (bicyclic) bond motifs is 2. The molecule has 4 rings (SSSR count). The molecule has 0 bridgehead atoms. The van der Waals surface area contributed by atoms with Crippen LogP contribution in [0.2, 0.25) is 0 Å². The van der Waals surface area contributed by atoms with Gasteiger partial charge >= 0.3 is 5.97 Å². The van der Waals surface area contributed by atoms with E-state index in [9.17, 15) is 9.59 Å². The Labute approximate surface area is 176 Å². The number of ether oxygens (including phenoxy) is 1. The van der Waals surface area contributed by atoms with Crippen molar-refractivity contribution in [2.45, 2.75) is 46.0 Å². The average molecular weight is 402 g/mol. The van der Waals surface area contributed by atoms with Crippen molar-refractivity contribution in [3.63, 3.8) is 0 Å². The van der Waals surface area contributed by atoms with Crippen molar-refractivity contribution >= 4 is 28.5 Å². The molecule has 30 heavy (non-hydrogen) atoms. The van der Waals surface area contributed by atoms with Crippen LogP contribution in [0, 0.1) is 6.92 Å². The summed E-state index contributed by atoms with van der Waals surface area (Å²) >= 11 is 0. The van der Waals surface area contributed by atoms with Crippen LogP contribution in [0.4, 0.5) is 5.69 Å². The average Bonchev–Trinajstić information content (AvgIpc) is 3.19. The van der Waals surface area contributed by atoms with Crippen molar-refractivity contribution in [1.29, 1.82) is 0 Å². The predicted octanol–water partition coefficient (Wildman–Crippen LogP) is 4.95. The molecule has 1 aliphatic carbocycles. The molecule has 1 heterocycles. The van der Waals surface area contributed by atoms with E-state index in [1.165, 1.54) is 0 Å². The number of hydrogen-bond donors (Lipinski definition) is 1. The summed E-state index contributed by atoms with van der Waals surface area (Å²) in [6, 6.07) is 13.5. The standard InChI is InChI=1S/C25H26N2O3/c1-15(2)17-10-6-8-16(3)24(17)27-22(28)14-30-25(29)23-18-9-4-5-12-20(18)26-21-13-7-11-19(21)23/h4-6,8-10,12,15H,7,11,13-14H2,1-3H3,(H,27,28). The van der Waals surface area contributed by atoms with Crippen LogP contribution in [-0.2, 0) is 22.4 Å². The molecule has 1 aromatic heterocycles. The van der Waals surface area contributed by atoms with E-state index in [1.54, 1.807) is 0 Å². The van der Waals surface area contributed by atoms with Gasteiger partial charge in [0.05, 0.1) is 11.1 Å². The monoisotopic (exact) mass is 402 g/mol. The van der Waals surface area contributed by atoms with E-state index >= 15 is 0 Å². The van der Waals surface area contributed by atoms with Crippen molar-refractivity contribution in [2.24, 2.45) is 0 Å². The topological polar surface area (TPSA) is 68.3 Å². The summed E-state index contributed by atoms with van der Waals surface area (Å²) in [5, 5.41) is 3.71. The Balaban J connectivity index is 1.54. The lowest BCUT2D eigenvalue weighted by atomic mass is 9.98. The molecule has 3 aromatic rings. The number of carbonyl (C=O) groups is 2. The molecule has 0 radical (unpaired) electrons. The lowest BCUT2D eigenvalue weighted by Gasteiger charge is -2.17. The molecule has 1 N–H and O–H groups in total. The summed E-state index contributed by atoms with van der Waals surface area (Å²) in [6.07, 6.45) is 2.65. The predicted molar refractivity (Wildman–Crippen MR) is 118 cm³/mol. The van der Waals surface area contributed by atoms with Gasteiger partial charge in [0.2, 0.25) is 0 Å². The molecule has 0 aliphatic heterocycles. The Morgan fingerprint density at radius 2 is 1.90 bits per heavy atom. The third-order valence-electron chi connectivity index (χ3n) is 5.65. The number of aromatic nitrogens is 1. The van der Waals surface area contributed by atoms with Crippen molar-refractivity contribution in [2.75, 3.05) is 11.9 Å². The van der Waals surface area contributed by atoms with Gasteiger partial charge in [-0.15, -0.1) is 0 Å². The minimum absolute atomic E-state index is 0.272. The van der Waals surface area contributed by atoms with Gasteiger partial charge in [0.25, 0.3) is 5.91 Å². The summed E-state index contributed by atoms with van der Waals surface area (Å²) in [5.41, 5.74) is 6.11. The van der Waals surface area contributed by atoms with Crippen molar-refractivity contribution in [1.82, 2.24) is 4.98 Å². The molecule has 5 heteroatoms. The summed E-state index contributed by atoms with van der Waals surface area (Å²) in [6.45, 7) is 5.80. The highest BCUT2D eigenvalue weighted by molar-refractivity contribution is 6.06. The summed E-state index contributed by atoms with van der Waals surface area (Å²) in [5.74, 6) is -0.529. The maximum absolute atomic E-state index is 13.0. The maximum atomic E-state index is 13.0. The van der Waals surface area contributed by atoms with Crippen molar-refractivity contribution in [3.8, 4) is 0 Å². The van der Waals surface area contributed by atoms with E-state index < -0.39 is 5.97 Å². The Hall–Kier alpha value is -3.21.